The lowest BCUT2D eigenvalue weighted by molar-refractivity contribution is -0.119. The van der Waals surface area contributed by atoms with E-state index in [1.807, 2.05) is 0 Å². The number of amides is 1. The molecule has 2 N–H and O–H groups in total. The highest BCUT2D eigenvalue weighted by Gasteiger charge is 2.20. The topological polar surface area (TPSA) is 75.3 Å². The lowest BCUT2D eigenvalue weighted by atomic mass is 10.3. The van der Waals surface area contributed by atoms with Crippen LogP contribution in [0.2, 0.25) is 0 Å². The van der Waals surface area contributed by atoms with Crippen LogP contribution in [0.5, 0.6) is 0 Å². The first-order valence-electron chi connectivity index (χ1n) is 5.77. The van der Waals surface area contributed by atoms with Crippen molar-refractivity contribution in [3.05, 3.63) is 5.01 Å². The third-order valence-corrected chi connectivity index (χ3v) is 3.91. The number of carbonyl (C=O) groups is 1. The molecule has 6 nitrogen and oxygen atoms in total. The third-order valence-electron chi connectivity index (χ3n) is 2.78. The molecule has 1 aromatic heterocycles. The van der Waals surface area contributed by atoms with Crippen LogP contribution in [-0.2, 0) is 11.2 Å². The van der Waals surface area contributed by atoms with E-state index in [1.54, 1.807) is 11.3 Å². The number of nitrogens with two attached hydrogens (primary N) is 1. The molecule has 2 heterocycles. The van der Waals surface area contributed by atoms with E-state index in [0.29, 0.717) is 6.54 Å². The van der Waals surface area contributed by atoms with Crippen LogP contribution in [0.4, 0.5) is 5.13 Å². The molecule has 0 radical (unpaired) electrons. The summed E-state index contributed by atoms with van der Waals surface area (Å²) < 4.78 is 0. The van der Waals surface area contributed by atoms with Crippen molar-refractivity contribution in [2.24, 2.45) is 5.73 Å². The van der Waals surface area contributed by atoms with Gasteiger partial charge in [-0.2, -0.15) is 0 Å². The second-order valence-corrected chi connectivity index (χ2v) is 5.10. The van der Waals surface area contributed by atoms with Crippen molar-refractivity contribution >= 4 is 22.4 Å². The average molecular weight is 255 g/mol. The van der Waals surface area contributed by atoms with Crippen LogP contribution in [-0.4, -0.2) is 53.7 Å². The summed E-state index contributed by atoms with van der Waals surface area (Å²) in [7, 11) is 0. The number of rotatable bonds is 4. The van der Waals surface area contributed by atoms with Gasteiger partial charge in [-0.25, -0.2) is 0 Å². The molecule has 0 aliphatic carbocycles. The molecular weight excluding hydrogens is 238 g/mol. The van der Waals surface area contributed by atoms with Gasteiger partial charge in [0.2, 0.25) is 11.0 Å². The highest BCUT2D eigenvalue weighted by molar-refractivity contribution is 7.15. The number of carbonyl (C=O) groups excluding carboxylic acids is 1. The summed E-state index contributed by atoms with van der Waals surface area (Å²) in [4.78, 5) is 15.1. The van der Waals surface area contributed by atoms with Gasteiger partial charge in [0.1, 0.15) is 5.01 Å². The number of primary amides is 1. The molecular formula is C10H17N5OS. The first kappa shape index (κ1) is 12.3. The average Bonchev–Trinajstić information content (AvgIpc) is 2.78. The minimum Gasteiger partial charge on any atom is -0.369 e. The van der Waals surface area contributed by atoms with Crippen LogP contribution in [0.1, 0.15) is 11.9 Å². The Balaban J connectivity index is 1.88. The van der Waals surface area contributed by atoms with Crippen LogP contribution in [0.3, 0.4) is 0 Å². The highest BCUT2D eigenvalue weighted by atomic mass is 32.1. The van der Waals surface area contributed by atoms with Gasteiger partial charge in [0.15, 0.2) is 0 Å². The number of hydrogen-bond donors (Lipinski definition) is 1. The van der Waals surface area contributed by atoms with Crippen LogP contribution >= 0.6 is 11.3 Å². The monoisotopic (exact) mass is 255 g/mol. The zero-order valence-electron chi connectivity index (χ0n) is 9.93. The Morgan fingerprint density at radius 1 is 1.35 bits per heavy atom. The summed E-state index contributed by atoms with van der Waals surface area (Å²) in [5.74, 6) is -0.261. The Kier molecular flexibility index (Phi) is 3.90. The van der Waals surface area contributed by atoms with Gasteiger partial charge < -0.3 is 10.6 Å². The van der Waals surface area contributed by atoms with Crippen molar-refractivity contribution in [1.82, 2.24) is 15.1 Å². The zero-order valence-corrected chi connectivity index (χ0v) is 10.7. The summed E-state index contributed by atoms with van der Waals surface area (Å²) in [5.41, 5.74) is 5.18. The van der Waals surface area contributed by atoms with E-state index in [4.69, 9.17) is 5.73 Å². The molecule has 1 aliphatic heterocycles. The fourth-order valence-electron chi connectivity index (χ4n) is 1.83. The number of hydrogen-bond acceptors (Lipinski definition) is 6. The van der Waals surface area contributed by atoms with Crippen molar-refractivity contribution in [1.29, 1.82) is 0 Å². The third kappa shape index (κ3) is 3.13. The second-order valence-electron chi connectivity index (χ2n) is 4.06. The number of aryl methyl sites for hydroxylation is 1. The maximum absolute atomic E-state index is 10.8. The summed E-state index contributed by atoms with van der Waals surface area (Å²) in [6, 6.07) is 0. The summed E-state index contributed by atoms with van der Waals surface area (Å²) in [5, 5.41) is 10.4. The van der Waals surface area contributed by atoms with E-state index in [0.717, 1.165) is 42.7 Å². The molecule has 94 valence electrons. The smallest absolute Gasteiger partial charge is 0.231 e. The van der Waals surface area contributed by atoms with E-state index in [2.05, 4.69) is 26.9 Å². The lowest BCUT2D eigenvalue weighted by Gasteiger charge is -2.33. The largest absolute Gasteiger partial charge is 0.369 e. The van der Waals surface area contributed by atoms with E-state index in [-0.39, 0.29) is 5.91 Å². The molecule has 0 atom stereocenters. The van der Waals surface area contributed by atoms with Gasteiger partial charge in [0.25, 0.3) is 0 Å². The summed E-state index contributed by atoms with van der Waals surface area (Å²) in [6.45, 7) is 5.89. The van der Waals surface area contributed by atoms with Crippen molar-refractivity contribution in [2.45, 2.75) is 13.3 Å². The SMILES string of the molecule is CCc1nnc(N2CCN(CC(N)=O)CC2)s1. The fraction of sp³-hybridized carbons (Fsp3) is 0.700. The minimum absolute atomic E-state index is 0.261. The predicted molar refractivity (Wildman–Crippen MR) is 67.1 cm³/mol. The molecule has 0 aromatic carbocycles. The van der Waals surface area contributed by atoms with Gasteiger partial charge in [0.05, 0.1) is 6.54 Å². The van der Waals surface area contributed by atoms with E-state index >= 15 is 0 Å². The molecule has 1 fully saturated rings. The number of anilines is 1. The summed E-state index contributed by atoms with van der Waals surface area (Å²) >= 11 is 1.65. The molecule has 0 saturated carbocycles. The maximum Gasteiger partial charge on any atom is 0.231 e. The lowest BCUT2D eigenvalue weighted by Crippen LogP contribution is -2.48. The number of nitrogens with zero attached hydrogens (tertiary/aromatic N) is 4. The predicted octanol–water partition coefficient (Wildman–Crippen LogP) is -0.292. The van der Waals surface area contributed by atoms with Crippen LogP contribution < -0.4 is 10.6 Å². The molecule has 2 rings (SSSR count). The molecule has 17 heavy (non-hydrogen) atoms. The number of aromatic nitrogens is 2. The molecule has 0 bridgehead atoms. The first-order valence-corrected chi connectivity index (χ1v) is 6.58. The second kappa shape index (κ2) is 5.42. The van der Waals surface area contributed by atoms with Gasteiger partial charge in [0, 0.05) is 26.2 Å². The molecule has 1 amide bonds. The molecule has 0 spiro atoms. The first-order chi connectivity index (χ1) is 8.19. The Morgan fingerprint density at radius 2 is 2.06 bits per heavy atom. The van der Waals surface area contributed by atoms with Gasteiger partial charge in [-0.1, -0.05) is 18.3 Å². The quantitative estimate of drug-likeness (QED) is 0.800. The molecule has 1 saturated heterocycles. The van der Waals surface area contributed by atoms with Gasteiger partial charge in [-0.05, 0) is 6.42 Å². The van der Waals surface area contributed by atoms with Gasteiger partial charge in [-0.15, -0.1) is 10.2 Å². The van der Waals surface area contributed by atoms with Crippen molar-refractivity contribution < 1.29 is 4.79 Å². The van der Waals surface area contributed by atoms with E-state index in [1.165, 1.54) is 0 Å². The van der Waals surface area contributed by atoms with Crippen molar-refractivity contribution in [3.63, 3.8) is 0 Å². The standard InChI is InChI=1S/C10H17N5OS/c1-2-9-12-13-10(17-9)15-5-3-14(4-6-15)7-8(11)16/h2-7H2,1H3,(H2,11,16). The van der Waals surface area contributed by atoms with E-state index in [9.17, 15) is 4.79 Å². The van der Waals surface area contributed by atoms with Crippen LogP contribution in [0, 0.1) is 0 Å². The Labute approximate surface area is 104 Å². The maximum atomic E-state index is 10.8. The number of piperazine rings is 1. The Hall–Kier alpha value is -1.21. The van der Waals surface area contributed by atoms with Crippen LogP contribution in [0.15, 0.2) is 0 Å². The normalized spacial score (nSPS) is 17.4. The fourth-order valence-corrected chi connectivity index (χ4v) is 2.66. The van der Waals surface area contributed by atoms with Gasteiger partial charge >= 0.3 is 0 Å². The Bertz CT molecular complexity index is 386. The van der Waals surface area contributed by atoms with Crippen LogP contribution in [0.25, 0.3) is 0 Å². The zero-order chi connectivity index (χ0) is 12.3. The highest BCUT2D eigenvalue weighted by Crippen LogP contribution is 2.21. The van der Waals surface area contributed by atoms with Crippen molar-refractivity contribution in [3.8, 4) is 0 Å². The molecule has 1 aromatic rings. The van der Waals surface area contributed by atoms with Crippen molar-refractivity contribution in [2.75, 3.05) is 37.6 Å². The minimum atomic E-state index is -0.261. The molecule has 1 aliphatic rings. The molecule has 0 unspecified atom stereocenters. The Morgan fingerprint density at radius 3 is 2.59 bits per heavy atom. The van der Waals surface area contributed by atoms with E-state index < -0.39 is 0 Å². The van der Waals surface area contributed by atoms with Gasteiger partial charge in [-0.3, -0.25) is 9.69 Å². The summed E-state index contributed by atoms with van der Waals surface area (Å²) in [6.07, 6.45) is 0.930. The molecule has 7 heteroatoms.